The Morgan fingerprint density at radius 2 is 1.64 bits per heavy atom. The van der Waals surface area contributed by atoms with Crippen LogP contribution < -0.4 is 0 Å². The van der Waals surface area contributed by atoms with E-state index < -0.39 is 5.60 Å². The number of carbonyl (C=O) groups is 1. The van der Waals surface area contributed by atoms with Crippen LogP contribution in [0.3, 0.4) is 0 Å². The van der Waals surface area contributed by atoms with Crippen molar-refractivity contribution in [3.05, 3.63) is 108 Å². The Morgan fingerprint density at radius 1 is 0.970 bits per heavy atom. The molecule has 1 aliphatic heterocycles. The lowest BCUT2D eigenvalue weighted by molar-refractivity contribution is -0.143. The molecule has 164 valence electrons. The minimum atomic E-state index is -1.64. The Labute approximate surface area is 191 Å². The molecule has 1 N–H and O–H groups in total. The summed E-state index contributed by atoms with van der Waals surface area (Å²) >= 11 is 0. The molecule has 0 aliphatic carbocycles. The minimum Gasteiger partial charge on any atom is -0.374 e. The van der Waals surface area contributed by atoms with Gasteiger partial charge in [0, 0.05) is 42.8 Å². The van der Waals surface area contributed by atoms with E-state index in [4.69, 9.17) is 9.52 Å². The standard InChI is InChI=1S/C27H23N3O3/c1-30-16-15-27(32,26(30)31)24-18-23(33-29-24)21-13-8-14-22(17-21)28-25(19-9-4-2-5-10-19)20-11-6-3-7-12-20/h2-14,17-18,32H,15-16H2,1H3/t27-/m1/s1. The Morgan fingerprint density at radius 3 is 2.24 bits per heavy atom. The first-order valence-electron chi connectivity index (χ1n) is 10.8. The van der Waals surface area contributed by atoms with Gasteiger partial charge in [-0.25, -0.2) is 4.99 Å². The van der Waals surface area contributed by atoms with Crippen molar-refractivity contribution in [3.8, 4) is 11.3 Å². The molecule has 3 aromatic carbocycles. The molecular weight excluding hydrogens is 414 g/mol. The number of likely N-dealkylation sites (N-methyl/N-ethyl adjacent to an activating group) is 1. The maximum atomic E-state index is 12.4. The van der Waals surface area contributed by atoms with Crippen molar-refractivity contribution >= 4 is 17.3 Å². The van der Waals surface area contributed by atoms with E-state index in [0.717, 1.165) is 28.1 Å². The second-order valence-electron chi connectivity index (χ2n) is 8.16. The van der Waals surface area contributed by atoms with Crippen LogP contribution >= 0.6 is 0 Å². The Bertz CT molecular complexity index is 1270. The van der Waals surface area contributed by atoms with Gasteiger partial charge in [-0.1, -0.05) is 78.0 Å². The molecule has 6 nitrogen and oxygen atoms in total. The third-order valence-electron chi connectivity index (χ3n) is 5.91. The number of benzene rings is 3. The van der Waals surface area contributed by atoms with Crippen molar-refractivity contribution in [1.82, 2.24) is 10.1 Å². The summed E-state index contributed by atoms with van der Waals surface area (Å²) in [7, 11) is 1.67. The van der Waals surface area contributed by atoms with E-state index in [1.54, 1.807) is 13.1 Å². The molecule has 1 saturated heterocycles. The van der Waals surface area contributed by atoms with Gasteiger partial charge in [-0.15, -0.1) is 0 Å². The molecule has 1 aromatic heterocycles. The zero-order valence-corrected chi connectivity index (χ0v) is 18.2. The fraction of sp³-hybridized carbons (Fsp3) is 0.148. The first kappa shape index (κ1) is 20.8. The van der Waals surface area contributed by atoms with E-state index in [9.17, 15) is 9.90 Å². The van der Waals surface area contributed by atoms with Gasteiger partial charge in [0.1, 0.15) is 5.69 Å². The third-order valence-corrected chi connectivity index (χ3v) is 5.91. The van der Waals surface area contributed by atoms with Gasteiger partial charge >= 0.3 is 0 Å². The van der Waals surface area contributed by atoms with E-state index in [1.807, 2.05) is 84.9 Å². The number of amides is 1. The van der Waals surface area contributed by atoms with Crippen LogP contribution in [0.1, 0.15) is 23.2 Å². The highest BCUT2D eigenvalue weighted by Gasteiger charge is 2.47. The Hall–Kier alpha value is -4.03. The number of likely N-dealkylation sites (tertiary alicyclic amines) is 1. The van der Waals surface area contributed by atoms with Crippen LogP contribution in [-0.2, 0) is 10.4 Å². The fourth-order valence-electron chi connectivity index (χ4n) is 4.04. The third kappa shape index (κ3) is 3.97. The highest BCUT2D eigenvalue weighted by molar-refractivity contribution is 6.14. The molecule has 0 unspecified atom stereocenters. The van der Waals surface area contributed by atoms with Crippen LogP contribution in [0.4, 0.5) is 5.69 Å². The Kier molecular flexibility index (Phi) is 5.36. The zero-order chi connectivity index (χ0) is 22.8. The highest BCUT2D eigenvalue weighted by Crippen LogP contribution is 2.35. The van der Waals surface area contributed by atoms with Crippen LogP contribution in [0.5, 0.6) is 0 Å². The number of hydrogen-bond acceptors (Lipinski definition) is 5. The topological polar surface area (TPSA) is 78.9 Å². The summed E-state index contributed by atoms with van der Waals surface area (Å²) < 4.78 is 5.51. The van der Waals surface area contributed by atoms with Crippen LogP contribution in [0.2, 0.25) is 0 Å². The van der Waals surface area contributed by atoms with Gasteiger partial charge in [0.25, 0.3) is 5.91 Å². The second-order valence-corrected chi connectivity index (χ2v) is 8.16. The first-order chi connectivity index (χ1) is 16.0. The van der Waals surface area contributed by atoms with Crippen LogP contribution in [0, 0.1) is 0 Å². The molecule has 0 radical (unpaired) electrons. The van der Waals surface area contributed by atoms with Gasteiger partial charge in [-0.3, -0.25) is 4.79 Å². The van der Waals surface area contributed by atoms with Gasteiger partial charge < -0.3 is 14.5 Å². The number of carbonyl (C=O) groups excluding carboxylic acids is 1. The molecule has 4 aromatic rings. The molecule has 33 heavy (non-hydrogen) atoms. The number of hydrogen-bond donors (Lipinski definition) is 1. The molecule has 0 saturated carbocycles. The maximum absolute atomic E-state index is 12.4. The molecule has 0 spiro atoms. The van der Waals surface area contributed by atoms with Crippen molar-refractivity contribution in [2.45, 2.75) is 12.0 Å². The number of rotatable bonds is 5. The van der Waals surface area contributed by atoms with Gasteiger partial charge in [0.2, 0.25) is 0 Å². The summed E-state index contributed by atoms with van der Waals surface area (Å²) in [6, 6.07) is 29.3. The molecular formula is C27H23N3O3. The SMILES string of the molecule is CN1CC[C@@](O)(c2cc(-c3cccc(N=C(c4ccccc4)c4ccccc4)c3)on2)C1=O. The van der Waals surface area contributed by atoms with Crippen LogP contribution in [0.25, 0.3) is 11.3 Å². The molecule has 6 heteroatoms. The maximum Gasteiger partial charge on any atom is 0.260 e. The summed E-state index contributed by atoms with van der Waals surface area (Å²) in [5.74, 6) is 0.106. The number of nitrogens with zero attached hydrogens (tertiary/aromatic N) is 3. The first-order valence-corrected chi connectivity index (χ1v) is 10.8. The molecule has 1 fully saturated rings. The van der Waals surface area contributed by atoms with Gasteiger partial charge in [-0.05, 0) is 12.1 Å². The quantitative estimate of drug-likeness (QED) is 0.464. The number of aliphatic imine (C=N–C) groups is 1. The minimum absolute atomic E-state index is 0.231. The molecule has 5 rings (SSSR count). The van der Waals surface area contributed by atoms with E-state index in [2.05, 4.69) is 5.16 Å². The molecule has 2 heterocycles. The molecule has 1 aliphatic rings. The van der Waals surface area contributed by atoms with E-state index in [1.165, 1.54) is 4.90 Å². The summed E-state index contributed by atoms with van der Waals surface area (Å²) in [4.78, 5) is 18.8. The number of aromatic nitrogens is 1. The van der Waals surface area contributed by atoms with E-state index in [-0.39, 0.29) is 18.0 Å². The van der Waals surface area contributed by atoms with Gasteiger partial charge in [-0.2, -0.15) is 0 Å². The van der Waals surface area contributed by atoms with Crippen molar-refractivity contribution < 1.29 is 14.4 Å². The molecule has 1 atom stereocenters. The highest BCUT2D eigenvalue weighted by atomic mass is 16.5. The predicted molar refractivity (Wildman–Crippen MR) is 126 cm³/mol. The summed E-state index contributed by atoms with van der Waals surface area (Å²) in [6.07, 6.45) is 0.288. The lowest BCUT2D eigenvalue weighted by atomic mass is 9.97. The lowest BCUT2D eigenvalue weighted by Crippen LogP contribution is -2.36. The average Bonchev–Trinajstić information content (AvgIpc) is 3.46. The zero-order valence-electron chi connectivity index (χ0n) is 18.2. The van der Waals surface area contributed by atoms with E-state index in [0.29, 0.717) is 12.3 Å². The Balaban J connectivity index is 1.51. The van der Waals surface area contributed by atoms with Crippen molar-refractivity contribution in [1.29, 1.82) is 0 Å². The average molecular weight is 437 g/mol. The van der Waals surface area contributed by atoms with Crippen LogP contribution in [-0.4, -0.2) is 40.4 Å². The summed E-state index contributed by atoms with van der Waals surface area (Å²) in [6.45, 7) is 0.476. The predicted octanol–water partition coefficient (Wildman–Crippen LogP) is 4.56. The smallest absolute Gasteiger partial charge is 0.260 e. The molecule has 0 bridgehead atoms. The van der Waals surface area contributed by atoms with Gasteiger partial charge in [0.15, 0.2) is 11.4 Å². The van der Waals surface area contributed by atoms with Crippen molar-refractivity contribution in [2.75, 3.05) is 13.6 Å². The van der Waals surface area contributed by atoms with Crippen molar-refractivity contribution in [2.24, 2.45) is 4.99 Å². The lowest BCUT2D eigenvalue weighted by Gasteiger charge is -2.16. The summed E-state index contributed by atoms with van der Waals surface area (Å²) in [5, 5.41) is 14.9. The van der Waals surface area contributed by atoms with Crippen LogP contribution in [0.15, 0.2) is 101 Å². The van der Waals surface area contributed by atoms with E-state index >= 15 is 0 Å². The number of aliphatic hydroxyl groups is 1. The summed E-state index contributed by atoms with van der Waals surface area (Å²) in [5.41, 5.74) is 3.00. The van der Waals surface area contributed by atoms with Gasteiger partial charge in [0.05, 0.1) is 11.4 Å². The normalized spacial score (nSPS) is 17.9. The monoisotopic (exact) mass is 437 g/mol. The fourth-order valence-corrected chi connectivity index (χ4v) is 4.04. The largest absolute Gasteiger partial charge is 0.374 e. The molecule has 1 amide bonds. The van der Waals surface area contributed by atoms with Crippen molar-refractivity contribution in [3.63, 3.8) is 0 Å². The second kappa shape index (κ2) is 8.48.